The largest absolute Gasteiger partial charge is 0.416 e. The predicted molar refractivity (Wildman–Crippen MR) is 108 cm³/mol. The molecule has 7 heteroatoms. The van der Waals surface area contributed by atoms with E-state index < -0.39 is 17.6 Å². The van der Waals surface area contributed by atoms with Crippen molar-refractivity contribution in [1.29, 1.82) is 0 Å². The van der Waals surface area contributed by atoms with E-state index >= 15 is 0 Å². The lowest BCUT2D eigenvalue weighted by molar-refractivity contribution is -0.138. The van der Waals surface area contributed by atoms with Crippen molar-refractivity contribution >= 4 is 16.9 Å². The number of hydrogen-bond donors (Lipinski definition) is 1. The molecule has 0 saturated carbocycles. The Balaban J connectivity index is 1.51. The molecule has 1 N–H and O–H groups in total. The Morgan fingerprint density at radius 1 is 0.933 bits per heavy atom. The number of imidazole rings is 1. The Kier molecular flexibility index (Phi) is 5.27. The van der Waals surface area contributed by atoms with Gasteiger partial charge in [0.25, 0.3) is 0 Å². The zero-order valence-corrected chi connectivity index (χ0v) is 15.9. The minimum atomic E-state index is -4.52. The van der Waals surface area contributed by atoms with Crippen LogP contribution >= 0.6 is 0 Å². The molecule has 0 bridgehead atoms. The van der Waals surface area contributed by atoms with E-state index in [9.17, 15) is 18.0 Å². The van der Waals surface area contributed by atoms with E-state index in [1.165, 1.54) is 6.07 Å². The van der Waals surface area contributed by atoms with Gasteiger partial charge in [0, 0.05) is 6.54 Å². The van der Waals surface area contributed by atoms with Crippen molar-refractivity contribution in [3.63, 3.8) is 0 Å². The van der Waals surface area contributed by atoms with Gasteiger partial charge < -0.3 is 9.88 Å². The van der Waals surface area contributed by atoms with Gasteiger partial charge in [0.1, 0.15) is 6.54 Å². The molecule has 4 rings (SSSR count). The summed E-state index contributed by atoms with van der Waals surface area (Å²) < 4.78 is 42.5. The first-order valence-corrected chi connectivity index (χ1v) is 9.34. The lowest BCUT2D eigenvalue weighted by atomic mass is 9.98. The highest BCUT2D eigenvalue weighted by Crippen LogP contribution is 2.35. The van der Waals surface area contributed by atoms with Gasteiger partial charge in [0.05, 0.1) is 22.9 Å². The van der Waals surface area contributed by atoms with E-state index in [1.807, 2.05) is 30.3 Å². The normalized spacial score (nSPS) is 11.6. The number of carbonyl (C=O) groups is 1. The molecule has 0 radical (unpaired) electrons. The van der Waals surface area contributed by atoms with Crippen LogP contribution in [0.25, 0.3) is 22.2 Å². The topological polar surface area (TPSA) is 46.9 Å². The average Bonchev–Trinajstić information content (AvgIpc) is 3.15. The SMILES string of the molecule is O=C(Cn1cnc2ccccc21)NCc1ccc(-c2ccccc2)cc1C(F)(F)F. The number of nitrogens with zero attached hydrogens (tertiary/aromatic N) is 2. The van der Waals surface area contributed by atoms with Crippen LogP contribution < -0.4 is 5.32 Å². The van der Waals surface area contributed by atoms with Crippen molar-refractivity contribution in [2.24, 2.45) is 0 Å². The monoisotopic (exact) mass is 409 g/mol. The number of benzene rings is 3. The maximum Gasteiger partial charge on any atom is 0.416 e. The van der Waals surface area contributed by atoms with E-state index in [1.54, 1.807) is 41.2 Å². The van der Waals surface area contributed by atoms with Crippen LogP contribution in [0.3, 0.4) is 0 Å². The molecule has 0 aliphatic carbocycles. The number of amides is 1. The number of nitrogens with one attached hydrogen (secondary N) is 1. The van der Waals surface area contributed by atoms with Crippen molar-refractivity contribution < 1.29 is 18.0 Å². The fraction of sp³-hybridized carbons (Fsp3) is 0.130. The fourth-order valence-corrected chi connectivity index (χ4v) is 3.35. The third-order valence-electron chi connectivity index (χ3n) is 4.84. The Hall–Kier alpha value is -3.61. The Morgan fingerprint density at radius 2 is 1.67 bits per heavy atom. The van der Waals surface area contributed by atoms with Gasteiger partial charge in [-0.25, -0.2) is 4.98 Å². The highest BCUT2D eigenvalue weighted by molar-refractivity contribution is 5.80. The van der Waals surface area contributed by atoms with E-state index in [0.29, 0.717) is 11.1 Å². The van der Waals surface area contributed by atoms with E-state index in [0.717, 1.165) is 17.1 Å². The van der Waals surface area contributed by atoms with Crippen molar-refractivity contribution in [3.8, 4) is 11.1 Å². The molecule has 1 amide bonds. The number of hydrogen-bond acceptors (Lipinski definition) is 2. The number of alkyl halides is 3. The second kappa shape index (κ2) is 8.02. The quantitative estimate of drug-likeness (QED) is 0.502. The number of para-hydroxylation sites is 2. The summed E-state index contributed by atoms with van der Waals surface area (Å²) in [5.41, 5.74) is 1.98. The summed E-state index contributed by atoms with van der Waals surface area (Å²) in [6.45, 7) is -0.237. The maximum atomic E-state index is 13.6. The third kappa shape index (κ3) is 4.20. The smallest absolute Gasteiger partial charge is 0.350 e. The van der Waals surface area contributed by atoms with Gasteiger partial charge in [-0.2, -0.15) is 13.2 Å². The number of fused-ring (bicyclic) bond motifs is 1. The first-order valence-electron chi connectivity index (χ1n) is 9.34. The molecule has 0 aliphatic rings. The molecule has 4 aromatic rings. The lowest BCUT2D eigenvalue weighted by Crippen LogP contribution is -2.28. The summed E-state index contributed by atoms with van der Waals surface area (Å²) >= 11 is 0. The number of halogens is 3. The van der Waals surface area contributed by atoms with E-state index in [2.05, 4.69) is 10.3 Å². The summed E-state index contributed by atoms with van der Waals surface area (Å²) in [6, 6.07) is 20.4. The van der Waals surface area contributed by atoms with E-state index in [4.69, 9.17) is 0 Å². The molecular formula is C23H18F3N3O. The van der Waals surface area contributed by atoms with Crippen molar-refractivity contribution in [2.45, 2.75) is 19.3 Å². The fourth-order valence-electron chi connectivity index (χ4n) is 3.35. The molecule has 1 aromatic heterocycles. The molecule has 1 heterocycles. The first-order chi connectivity index (χ1) is 14.4. The van der Waals surface area contributed by atoms with Gasteiger partial charge in [0.2, 0.25) is 5.91 Å². The van der Waals surface area contributed by atoms with Crippen LogP contribution in [-0.4, -0.2) is 15.5 Å². The predicted octanol–water partition coefficient (Wildman–Crippen LogP) is 5.04. The molecule has 152 valence electrons. The number of carbonyl (C=O) groups excluding carboxylic acids is 1. The Bertz CT molecular complexity index is 1180. The van der Waals surface area contributed by atoms with Gasteiger partial charge in [0.15, 0.2) is 0 Å². The molecule has 3 aromatic carbocycles. The van der Waals surface area contributed by atoms with Crippen molar-refractivity contribution in [1.82, 2.24) is 14.9 Å². The minimum absolute atomic E-state index is 0.0195. The molecule has 0 atom stereocenters. The third-order valence-corrected chi connectivity index (χ3v) is 4.84. The van der Waals surface area contributed by atoms with Gasteiger partial charge in [-0.05, 0) is 34.9 Å². The van der Waals surface area contributed by atoms with Gasteiger partial charge in [-0.1, -0.05) is 54.6 Å². The van der Waals surface area contributed by atoms with Gasteiger partial charge in [-0.3, -0.25) is 4.79 Å². The zero-order valence-electron chi connectivity index (χ0n) is 15.9. The zero-order chi connectivity index (χ0) is 21.1. The molecule has 4 nitrogen and oxygen atoms in total. The van der Waals surface area contributed by atoms with Crippen molar-refractivity contribution in [2.75, 3.05) is 0 Å². The van der Waals surface area contributed by atoms with Crippen LogP contribution in [0.2, 0.25) is 0 Å². The molecular weight excluding hydrogens is 391 g/mol. The number of aromatic nitrogens is 2. The second-order valence-corrected chi connectivity index (χ2v) is 6.87. The highest BCUT2D eigenvalue weighted by Gasteiger charge is 2.33. The standard InChI is InChI=1S/C23H18F3N3O/c24-23(25,26)19-12-17(16-6-2-1-3-7-16)10-11-18(19)13-27-22(30)14-29-15-28-20-8-4-5-9-21(20)29/h1-12,15H,13-14H2,(H,27,30). The Morgan fingerprint density at radius 3 is 2.43 bits per heavy atom. The molecule has 0 fully saturated rings. The summed E-state index contributed by atoms with van der Waals surface area (Å²) in [4.78, 5) is 16.5. The minimum Gasteiger partial charge on any atom is -0.350 e. The van der Waals surface area contributed by atoms with Crippen LogP contribution in [0.1, 0.15) is 11.1 Å². The van der Waals surface area contributed by atoms with Crippen LogP contribution in [-0.2, 0) is 24.1 Å². The molecule has 0 unspecified atom stereocenters. The number of rotatable bonds is 5. The van der Waals surface area contributed by atoms with E-state index in [-0.39, 0.29) is 18.7 Å². The summed E-state index contributed by atoms with van der Waals surface area (Å²) in [5, 5.41) is 2.59. The van der Waals surface area contributed by atoms with Crippen LogP contribution in [0.15, 0.2) is 79.1 Å². The summed E-state index contributed by atoms with van der Waals surface area (Å²) in [6.07, 6.45) is -2.98. The summed E-state index contributed by atoms with van der Waals surface area (Å²) in [5.74, 6) is -0.390. The van der Waals surface area contributed by atoms with Crippen LogP contribution in [0, 0.1) is 0 Å². The summed E-state index contributed by atoms with van der Waals surface area (Å²) in [7, 11) is 0. The molecule has 0 aliphatic heterocycles. The van der Waals surface area contributed by atoms with Crippen LogP contribution in [0.4, 0.5) is 13.2 Å². The maximum absolute atomic E-state index is 13.6. The lowest BCUT2D eigenvalue weighted by Gasteiger charge is -2.15. The van der Waals surface area contributed by atoms with Crippen LogP contribution in [0.5, 0.6) is 0 Å². The highest BCUT2D eigenvalue weighted by atomic mass is 19.4. The molecule has 0 spiro atoms. The molecule has 30 heavy (non-hydrogen) atoms. The Labute approximate surface area is 171 Å². The molecule has 0 saturated heterocycles. The van der Waals surface area contributed by atoms with Gasteiger partial charge in [-0.15, -0.1) is 0 Å². The second-order valence-electron chi connectivity index (χ2n) is 6.87. The van der Waals surface area contributed by atoms with Gasteiger partial charge >= 0.3 is 6.18 Å². The van der Waals surface area contributed by atoms with Crippen molar-refractivity contribution in [3.05, 3.63) is 90.3 Å². The average molecular weight is 409 g/mol. The first kappa shape index (κ1) is 19.7.